The lowest BCUT2D eigenvalue weighted by Gasteiger charge is -2.39. The van der Waals surface area contributed by atoms with E-state index in [1.807, 2.05) is 51.1 Å². The van der Waals surface area contributed by atoms with E-state index < -0.39 is 6.09 Å². The molecule has 3 N–H and O–H groups in total. The molecule has 0 aliphatic heterocycles. The van der Waals surface area contributed by atoms with Crippen LogP contribution < -0.4 is 5.73 Å². The molecule has 0 heterocycles. The summed E-state index contributed by atoms with van der Waals surface area (Å²) in [6.45, 7) is 6.78. The third-order valence-corrected chi connectivity index (χ3v) is 2.86. The highest BCUT2D eigenvalue weighted by Gasteiger charge is 2.34. The first-order valence-electron chi connectivity index (χ1n) is 6.12. The number of benzene rings is 1. The summed E-state index contributed by atoms with van der Waals surface area (Å²) in [5.74, 6) is 0. The van der Waals surface area contributed by atoms with Crippen molar-refractivity contribution in [1.82, 2.24) is 4.90 Å². The second kappa shape index (κ2) is 5.87. The van der Waals surface area contributed by atoms with E-state index in [-0.39, 0.29) is 11.5 Å². The zero-order valence-electron chi connectivity index (χ0n) is 11.3. The van der Waals surface area contributed by atoms with Crippen LogP contribution in [0.1, 0.15) is 32.4 Å². The fraction of sp³-hybridized carbons (Fsp3) is 0.500. The van der Waals surface area contributed by atoms with Crippen LogP contribution in [-0.4, -0.2) is 29.2 Å². The molecule has 1 aromatic rings. The normalized spacial score (nSPS) is 13.1. The minimum absolute atomic E-state index is 0.186. The zero-order chi connectivity index (χ0) is 13.8. The minimum atomic E-state index is -0.927. The van der Waals surface area contributed by atoms with Crippen molar-refractivity contribution in [1.29, 1.82) is 0 Å². The predicted octanol–water partition coefficient (Wildman–Crippen LogP) is 2.71. The number of nitrogens with zero attached hydrogens (tertiary/aromatic N) is 1. The number of amides is 1. The smallest absolute Gasteiger partial charge is 0.407 e. The Bertz CT molecular complexity index is 385. The molecule has 1 aromatic carbocycles. The Labute approximate surface area is 108 Å². The first-order chi connectivity index (χ1) is 8.38. The summed E-state index contributed by atoms with van der Waals surface area (Å²) in [7, 11) is 0. The molecule has 0 fully saturated rings. The molecule has 0 saturated heterocycles. The van der Waals surface area contributed by atoms with Crippen molar-refractivity contribution in [2.24, 2.45) is 11.1 Å². The Kier molecular flexibility index (Phi) is 4.73. The van der Waals surface area contributed by atoms with Gasteiger partial charge in [-0.2, -0.15) is 0 Å². The Morgan fingerprint density at radius 3 is 2.28 bits per heavy atom. The number of carboxylic acid groups (broad SMARTS) is 1. The summed E-state index contributed by atoms with van der Waals surface area (Å²) in [4.78, 5) is 12.8. The van der Waals surface area contributed by atoms with Gasteiger partial charge in [-0.15, -0.1) is 0 Å². The van der Waals surface area contributed by atoms with Crippen LogP contribution >= 0.6 is 0 Å². The molecule has 0 aliphatic carbocycles. The van der Waals surface area contributed by atoms with Crippen molar-refractivity contribution in [2.75, 3.05) is 13.1 Å². The molecule has 0 spiro atoms. The Morgan fingerprint density at radius 2 is 1.89 bits per heavy atom. The first-order valence-corrected chi connectivity index (χ1v) is 6.12. The van der Waals surface area contributed by atoms with Gasteiger partial charge in [-0.3, -0.25) is 4.90 Å². The molecule has 4 heteroatoms. The van der Waals surface area contributed by atoms with Crippen LogP contribution in [0.15, 0.2) is 30.3 Å². The fourth-order valence-corrected chi connectivity index (χ4v) is 2.26. The summed E-state index contributed by atoms with van der Waals surface area (Å²) in [6.07, 6.45) is -0.927. The van der Waals surface area contributed by atoms with Gasteiger partial charge < -0.3 is 10.8 Å². The van der Waals surface area contributed by atoms with E-state index in [0.29, 0.717) is 13.1 Å². The van der Waals surface area contributed by atoms with Gasteiger partial charge in [-0.1, -0.05) is 51.1 Å². The van der Waals surface area contributed by atoms with Crippen LogP contribution in [0.4, 0.5) is 4.79 Å². The zero-order valence-corrected chi connectivity index (χ0v) is 11.3. The maximum Gasteiger partial charge on any atom is 0.407 e. The summed E-state index contributed by atoms with van der Waals surface area (Å²) in [5, 5.41) is 9.37. The molecule has 1 amide bonds. The SMILES string of the molecule is CC(C)(C)C(c1ccccc1)N(CCN)C(=O)O. The molecule has 4 nitrogen and oxygen atoms in total. The average Bonchev–Trinajstić information content (AvgIpc) is 2.28. The molecule has 1 rings (SSSR count). The Morgan fingerprint density at radius 1 is 1.33 bits per heavy atom. The third kappa shape index (κ3) is 3.47. The van der Waals surface area contributed by atoms with E-state index in [1.165, 1.54) is 4.90 Å². The van der Waals surface area contributed by atoms with Crippen LogP contribution in [0.5, 0.6) is 0 Å². The van der Waals surface area contributed by atoms with Gasteiger partial charge >= 0.3 is 6.09 Å². The highest BCUT2D eigenvalue weighted by atomic mass is 16.4. The molecule has 0 aliphatic rings. The second-order valence-corrected chi connectivity index (χ2v) is 5.44. The lowest BCUT2D eigenvalue weighted by atomic mass is 9.81. The number of carbonyl (C=O) groups is 1. The maximum absolute atomic E-state index is 11.4. The quantitative estimate of drug-likeness (QED) is 0.863. The van der Waals surface area contributed by atoms with Crippen LogP contribution in [-0.2, 0) is 0 Å². The summed E-state index contributed by atoms with van der Waals surface area (Å²) in [5.41, 5.74) is 6.34. The molecule has 100 valence electrons. The fourth-order valence-electron chi connectivity index (χ4n) is 2.26. The van der Waals surface area contributed by atoms with Crippen LogP contribution in [0.3, 0.4) is 0 Å². The van der Waals surface area contributed by atoms with E-state index in [1.54, 1.807) is 0 Å². The van der Waals surface area contributed by atoms with Gasteiger partial charge in [0.15, 0.2) is 0 Å². The third-order valence-electron chi connectivity index (χ3n) is 2.86. The molecule has 0 radical (unpaired) electrons. The summed E-state index contributed by atoms with van der Waals surface area (Å²) in [6, 6.07) is 9.51. The van der Waals surface area contributed by atoms with Gasteiger partial charge in [0.25, 0.3) is 0 Å². The van der Waals surface area contributed by atoms with Crippen molar-refractivity contribution >= 4 is 6.09 Å². The average molecular weight is 250 g/mol. The molecule has 18 heavy (non-hydrogen) atoms. The topological polar surface area (TPSA) is 66.6 Å². The number of hydrogen-bond donors (Lipinski definition) is 2. The highest BCUT2D eigenvalue weighted by Crippen LogP contribution is 2.37. The molecule has 0 saturated carbocycles. The lowest BCUT2D eigenvalue weighted by molar-refractivity contribution is 0.0837. The van der Waals surface area contributed by atoms with Crippen LogP contribution in [0.2, 0.25) is 0 Å². The summed E-state index contributed by atoms with van der Waals surface area (Å²) >= 11 is 0. The van der Waals surface area contributed by atoms with Gasteiger partial charge in [0.2, 0.25) is 0 Å². The van der Waals surface area contributed by atoms with Crippen molar-refractivity contribution in [3.05, 3.63) is 35.9 Å². The molecule has 0 bridgehead atoms. The summed E-state index contributed by atoms with van der Waals surface area (Å²) < 4.78 is 0. The molecular formula is C14H22N2O2. The predicted molar refractivity (Wildman–Crippen MR) is 72.4 cm³/mol. The van der Waals surface area contributed by atoms with Crippen molar-refractivity contribution in [3.63, 3.8) is 0 Å². The number of rotatable bonds is 4. The monoisotopic (exact) mass is 250 g/mol. The molecular weight excluding hydrogens is 228 g/mol. The van der Waals surface area contributed by atoms with Gasteiger partial charge in [0, 0.05) is 13.1 Å². The van der Waals surface area contributed by atoms with Crippen molar-refractivity contribution in [3.8, 4) is 0 Å². The van der Waals surface area contributed by atoms with E-state index in [9.17, 15) is 9.90 Å². The van der Waals surface area contributed by atoms with Gasteiger partial charge in [-0.25, -0.2) is 4.79 Å². The molecule has 0 aromatic heterocycles. The van der Waals surface area contributed by atoms with Gasteiger partial charge in [0.05, 0.1) is 6.04 Å². The maximum atomic E-state index is 11.4. The highest BCUT2D eigenvalue weighted by molar-refractivity contribution is 5.66. The van der Waals surface area contributed by atoms with Crippen molar-refractivity contribution in [2.45, 2.75) is 26.8 Å². The van der Waals surface area contributed by atoms with E-state index >= 15 is 0 Å². The molecule has 1 atom stereocenters. The van der Waals surface area contributed by atoms with Gasteiger partial charge in [-0.05, 0) is 11.0 Å². The minimum Gasteiger partial charge on any atom is -0.465 e. The standard InChI is InChI=1S/C14H22N2O2/c1-14(2,3)12(11-7-5-4-6-8-11)16(10-9-15)13(17)18/h4-8,12H,9-10,15H2,1-3H3,(H,17,18). The van der Waals surface area contributed by atoms with E-state index in [0.717, 1.165) is 5.56 Å². The lowest BCUT2D eigenvalue weighted by Crippen LogP contribution is -2.42. The van der Waals surface area contributed by atoms with Gasteiger partial charge in [0.1, 0.15) is 0 Å². The van der Waals surface area contributed by atoms with E-state index in [4.69, 9.17) is 5.73 Å². The van der Waals surface area contributed by atoms with Crippen molar-refractivity contribution < 1.29 is 9.90 Å². The Balaban J connectivity index is 3.16. The first kappa shape index (κ1) is 14.5. The Hall–Kier alpha value is -1.55. The van der Waals surface area contributed by atoms with Crippen LogP contribution in [0, 0.1) is 5.41 Å². The largest absolute Gasteiger partial charge is 0.465 e. The molecule has 1 unspecified atom stereocenters. The second-order valence-electron chi connectivity index (χ2n) is 5.44. The van der Waals surface area contributed by atoms with Crippen LogP contribution in [0.25, 0.3) is 0 Å². The van der Waals surface area contributed by atoms with E-state index in [2.05, 4.69) is 0 Å². The number of nitrogens with two attached hydrogens (primary N) is 1. The number of hydrogen-bond acceptors (Lipinski definition) is 2.